The first-order chi connectivity index (χ1) is 11.1. The van der Waals surface area contributed by atoms with E-state index in [0.717, 1.165) is 37.2 Å². The summed E-state index contributed by atoms with van der Waals surface area (Å²) in [6.07, 6.45) is 2.25. The maximum absolute atomic E-state index is 12.3. The number of rotatable bonds is 5. The van der Waals surface area contributed by atoms with Crippen LogP contribution in [0.15, 0.2) is 29.6 Å². The van der Waals surface area contributed by atoms with Gasteiger partial charge in [-0.15, -0.1) is 11.3 Å². The molecule has 0 aliphatic carbocycles. The van der Waals surface area contributed by atoms with E-state index in [1.54, 1.807) is 11.3 Å². The molecule has 1 aliphatic heterocycles. The molecule has 1 aliphatic rings. The molecular weight excluding hydrogens is 330 g/mol. The van der Waals surface area contributed by atoms with Crippen molar-refractivity contribution >= 4 is 28.8 Å². The largest absolute Gasteiger partial charge is 0.493 e. The minimum Gasteiger partial charge on any atom is -0.493 e. The average Bonchev–Trinajstić information content (AvgIpc) is 3.00. The van der Waals surface area contributed by atoms with Crippen LogP contribution in [-0.2, 0) is 17.8 Å². The molecule has 0 fully saturated rings. The molecule has 3 nitrogen and oxygen atoms in total. The van der Waals surface area contributed by atoms with E-state index in [9.17, 15) is 4.79 Å². The molecule has 0 saturated heterocycles. The molecule has 23 heavy (non-hydrogen) atoms. The standard InChI is InChI=1S/C18H20ClNO2S/c1-13-11-15(19)4-5-16(13)22-9-2-3-18(21)20-8-6-17-14(12-20)7-10-23-17/h4-5,7,10-11H,2-3,6,8-9,12H2,1H3. The lowest BCUT2D eigenvalue weighted by Gasteiger charge is -2.27. The zero-order valence-electron chi connectivity index (χ0n) is 13.2. The van der Waals surface area contributed by atoms with Crippen molar-refractivity contribution in [3.8, 4) is 5.75 Å². The van der Waals surface area contributed by atoms with Crippen molar-refractivity contribution in [2.45, 2.75) is 32.7 Å². The fraction of sp³-hybridized carbons (Fsp3) is 0.389. The van der Waals surface area contributed by atoms with E-state index in [1.807, 2.05) is 30.0 Å². The second-order valence-corrected chi connectivity index (χ2v) is 7.23. The summed E-state index contributed by atoms with van der Waals surface area (Å²) in [4.78, 5) is 15.7. The summed E-state index contributed by atoms with van der Waals surface area (Å²) in [5.41, 5.74) is 2.33. The van der Waals surface area contributed by atoms with Gasteiger partial charge in [0.2, 0.25) is 5.91 Å². The SMILES string of the molecule is Cc1cc(Cl)ccc1OCCCC(=O)N1CCc2sccc2C1. The molecule has 122 valence electrons. The fourth-order valence-corrected chi connectivity index (χ4v) is 3.92. The molecule has 0 N–H and O–H groups in total. The molecule has 3 rings (SSSR count). The third-order valence-electron chi connectivity index (χ3n) is 4.09. The lowest BCUT2D eigenvalue weighted by molar-refractivity contribution is -0.132. The van der Waals surface area contributed by atoms with Gasteiger partial charge >= 0.3 is 0 Å². The average molecular weight is 350 g/mol. The third-order valence-corrected chi connectivity index (χ3v) is 5.35. The first-order valence-electron chi connectivity index (χ1n) is 7.85. The van der Waals surface area contributed by atoms with Crippen LogP contribution in [0.3, 0.4) is 0 Å². The van der Waals surface area contributed by atoms with Crippen molar-refractivity contribution in [3.05, 3.63) is 50.7 Å². The van der Waals surface area contributed by atoms with Gasteiger partial charge in [0.25, 0.3) is 0 Å². The van der Waals surface area contributed by atoms with E-state index in [2.05, 4.69) is 11.4 Å². The second-order valence-electron chi connectivity index (χ2n) is 5.80. The van der Waals surface area contributed by atoms with E-state index in [4.69, 9.17) is 16.3 Å². The van der Waals surface area contributed by atoms with Gasteiger partial charge in [0.1, 0.15) is 5.75 Å². The summed E-state index contributed by atoms with van der Waals surface area (Å²) in [6, 6.07) is 7.71. The number of aryl methyl sites for hydroxylation is 1. The molecule has 0 radical (unpaired) electrons. The number of hydrogen-bond donors (Lipinski definition) is 0. The highest BCUT2D eigenvalue weighted by molar-refractivity contribution is 7.10. The van der Waals surface area contributed by atoms with E-state index >= 15 is 0 Å². The highest BCUT2D eigenvalue weighted by Gasteiger charge is 2.20. The van der Waals surface area contributed by atoms with Crippen molar-refractivity contribution in [2.75, 3.05) is 13.2 Å². The second kappa shape index (κ2) is 7.37. The van der Waals surface area contributed by atoms with Crippen LogP contribution in [0.1, 0.15) is 28.8 Å². The number of ether oxygens (including phenoxy) is 1. The first-order valence-corrected chi connectivity index (χ1v) is 9.11. The maximum Gasteiger partial charge on any atom is 0.223 e. The summed E-state index contributed by atoms with van der Waals surface area (Å²) < 4.78 is 5.75. The minimum absolute atomic E-state index is 0.221. The van der Waals surface area contributed by atoms with Crippen molar-refractivity contribution in [1.82, 2.24) is 4.90 Å². The molecule has 0 saturated carbocycles. The maximum atomic E-state index is 12.3. The Morgan fingerprint density at radius 3 is 3.09 bits per heavy atom. The molecular formula is C18H20ClNO2S. The van der Waals surface area contributed by atoms with Crippen molar-refractivity contribution in [3.63, 3.8) is 0 Å². The Kier molecular flexibility index (Phi) is 5.23. The van der Waals surface area contributed by atoms with Crippen LogP contribution in [0.25, 0.3) is 0 Å². The lowest BCUT2D eigenvalue weighted by atomic mass is 10.1. The zero-order chi connectivity index (χ0) is 16.2. The quantitative estimate of drug-likeness (QED) is 0.746. The summed E-state index contributed by atoms with van der Waals surface area (Å²) >= 11 is 7.72. The van der Waals surface area contributed by atoms with E-state index < -0.39 is 0 Å². The van der Waals surface area contributed by atoms with E-state index in [0.29, 0.717) is 18.1 Å². The number of amides is 1. The van der Waals surface area contributed by atoms with Gasteiger partial charge in [-0.25, -0.2) is 0 Å². The monoisotopic (exact) mass is 349 g/mol. The molecule has 2 aromatic rings. The highest BCUT2D eigenvalue weighted by Crippen LogP contribution is 2.25. The molecule has 1 amide bonds. The zero-order valence-corrected chi connectivity index (χ0v) is 14.8. The Morgan fingerprint density at radius 1 is 1.39 bits per heavy atom. The number of hydrogen-bond acceptors (Lipinski definition) is 3. The number of halogens is 1. The van der Waals surface area contributed by atoms with Gasteiger partial charge in [-0.2, -0.15) is 0 Å². The van der Waals surface area contributed by atoms with Crippen LogP contribution >= 0.6 is 22.9 Å². The molecule has 1 aromatic heterocycles. The van der Waals surface area contributed by atoms with Crippen LogP contribution in [0.5, 0.6) is 5.75 Å². The molecule has 0 bridgehead atoms. The van der Waals surface area contributed by atoms with Gasteiger partial charge in [0.05, 0.1) is 6.61 Å². The fourth-order valence-electron chi connectivity index (χ4n) is 2.80. The van der Waals surface area contributed by atoms with E-state index in [-0.39, 0.29) is 5.91 Å². The number of nitrogens with zero attached hydrogens (tertiary/aromatic N) is 1. The first kappa shape index (κ1) is 16.3. The number of benzene rings is 1. The number of carbonyl (C=O) groups excluding carboxylic acids is 1. The van der Waals surface area contributed by atoms with Gasteiger partial charge in [-0.3, -0.25) is 4.79 Å². The van der Waals surface area contributed by atoms with Gasteiger partial charge in [-0.1, -0.05) is 11.6 Å². The van der Waals surface area contributed by atoms with Gasteiger partial charge < -0.3 is 9.64 Å². The number of carbonyl (C=O) groups is 1. The molecule has 0 unspecified atom stereocenters. The lowest BCUT2D eigenvalue weighted by Crippen LogP contribution is -2.35. The van der Waals surface area contributed by atoms with Crippen LogP contribution in [0.2, 0.25) is 5.02 Å². The number of thiophene rings is 1. The third kappa shape index (κ3) is 4.06. The summed E-state index contributed by atoms with van der Waals surface area (Å²) in [5, 5.41) is 2.82. The summed E-state index contributed by atoms with van der Waals surface area (Å²) in [5.74, 6) is 1.06. The molecule has 0 atom stereocenters. The van der Waals surface area contributed by atoms with Crippen LogP contribution < -0.4 is 4.74 Å². The summed E-state index contributed by atoms with van der Waals surface area (Å²) in [6.45, 7) is 4.11. The predicted octanol–water partition coefficient (Wildman–Crippen LogP) is 4.45. The van der Waals surface area contributed by atoms with Crippen molar-refractivity contribution < 1.29 is 9.53 Å². The molecule has 1 aromatic carbocycles. The Morgan fingerprint density at radius 2 is 2.26 bits per heavy atom. The molecule has 5 heteroatoms. The topological polar surface area (TPSA) is 29.5 Å². The Balaban J connectivity index is 1.43. The summed E-state index contributed by atoms with van der Waals surface area (Å²) in [7, 11) is 0. The van der Waals surface area contributed by atoms with Gasteiger partial charge in [-0.05, 0) is 60.5 Å². The van der Waals surface area contributed by atoms with E-state index in [1.165, 1.54) is 10.4 Å². The van der Waals surface area contributed by atoms with Gasteiger partial charge in [0.15, 0.2) is 0 Å². The Hall–Kier alpha value is -1.52. The molecule has 0 spiro atoms. The Bertz CT molecular complexity index is 698. The molecule has 2 heterocycles. The predicted molar refractivity (Wildman–Crippen MR) is 94.4 cm³/mol. The normalized spacial score (nSPS) is 13.7. The number of fused-ring (bicyclic) bond motifs is 1. The van der Waals surface area contributed by atoms with Crippen molar-refractivity contribution in [1.29, 1.82) is 0 Å². The highest BCUT2D eigenvalue weighted by atomic mass is 35.5. The van der Waals surface area contributed by atoms with Crippen LogP contribution in [0, 0.1) is 6.92 Å². The minimum atomic E-state index is 0.221. The van der Waals surface area contributed by atoms with Crippen molar-refractivity contribution in [2.24, 2.45) is 0 Å². The van der Waals surface area contributed by atoms with Crippen LogP contribution in [0.4, 0.5) is 0 Å². The Labute approximate surface area is 145 Å². The smallest absolute Gasteiger partial charge is 0.223 e. The van der Waals surface area contributed by atoms with Gasteiger partial charge in [0, 0.05) is 29.4 Å². The van der Waals surface area contributed by atoms with Crippen LogP contribution in [-0.4, -0.2) is 24.0 Å².